The number of rotatable bonds is 57. The van der Waals surface area contributed by atoms with E-state index in [0.717, 1.165) is 51.4 Å². The lowest BCUT2D eigenvalue weighted by Gasteiger charge is -2.20. The van der Waals surface area contributed by atoms with E-state index >= 15 is 0 Å². The van der Waals surface area contributed by atoms with Crippen molar-refractivity contribution >= 4 is 11.4 Å². The molecule has 0 aliphatic rings. The third-order valence-electron chi connectivity index (χ3n) is 15.9. The molecule has 0 saturated carbocycles. The molecule has 0 fully saturated rings. The maximum atomic E-state index is 12.0. The van der Waals surface area contributed by atoms with Gasteiger partial charge in [0.05, 0.1) is 29.7 Å². The highest BCUT2D eigenvalue weighted by Gasteiger charge is 2.23. The number of para-hydroxylation sites is 4. The average Bonchev–Trinajstić information content (AvgIpc) is 3.02. The zero-order chi connectivity index (χ0) is 60.5. The molecule has 1 aromatic heterocycles. The average molecular weight is 1180 g/mol. The largest absolute Gasteiger partial charge is 0.490 e. The van der Waals surface area contributed by atoms with Crippen LogP contribution in [0.5, 0.6) is 46.8 Å². The van der Waals surface area contributed by atoms with Gasteiger partial charge in [-0.05, 0) is 43.5 Å². The van der Waals surface area contributed by atoms with Crippen LogP contribution in [0.3, 0.4) is 0 Å². The molecule has 0 amide bonds. The first-order chi connectivity index (χ1) is 41.8. The van der Waals surface area contributed by atoms with E-state index in [4.69, 9.17) is 28.4 Å². The van der Waals surface area contributed by atoms with Gasteiger partial charge in [0.1, 0.15) is 6.61 Å². The Balaban J connectivity index is 1.49. The van der Waals surface area contributed by atoms with Gasteiger partial charge in [0.15, 0.2) is 11.5 Å². The first kappa shape index (κ1) is 71.7. The van der Waals surface area contributed by atoms with Crippen LogP contribution < -0.4 is 28.4 Å². The van der Waals surface area contributed by atoms with Gasteiger partial charge in [0.2, 0.25) is 17.2 Å². The maximum Gasteiger partial charge on any atom is 0.331 e. The Bertz CT molecular complexity index is 2260. The fourth-order valence-corrected chi connectivity index (χ4v) is 10.7. The summed E-state index contributed by atoms with van der Waals surface area (Å²) in [5.41, 5.74) is 0.0220. The Labute approximate surface area is 512 Å². The summed E-state index contributed by atoms with van der Waals surface area (Å²) in [6, 6.07) is 14.4. The smallest absolute Gasteiger partial charge is 0.331 e. The second-order valence-corrected chi connectivity index (χ2v) is 23.3. The van der Waals surface area contributed by atoms with Gasteiger partial charge in [-0.25, -0.2) is 0 Å². The van der Waals surface area contributed by atoms with Crippen molar-refractivity contribution < 1.29 is 38.3 Å². The van der Waals surface area contributed by atoms with Crippen molar-refractivity contribution in [2.24, 2.45) is 0 Å². The highest BCUT2D eigenvalue weighted by Crippen LogP contribution is 2.42. The number of hydrogen-bond acceptors (Lipinski definition) is 13. The monoisotopic (exact) mass is 1180 g/mol. The first-order valence-electron chi connectivity index (χ1n) is 34.1. The molecule has 476 valence electrons. The van der Waals surface area contributed by atoms with Crippen LogP contribution in [-0.2, 0) is 6.61 Å². The highest BCUT2D eigenvalue weighted by molar-refractivity contribution is 5.56. The summed E-state index contributed by atoms with van der Waals surface area (Å²) >= 11 is 0. The lowest BCUT2D eigenvalue weighted by molar-refractivity contribution is -0.385. The van der Waals surface area contributed by atoms with E-state index in [1.807, 2.05) is 12.1 Å². The topological polar surface area (TPSA) is 180 Å². The Morgan fingerprint density at radius 3 is 0.953 bits per heavy atom. The Morgan fingerprint density at radius 2 is 0.612 bits per heavy atom. The minimum atomic E-state index is -0.578. The summed E-state index contributed by atoms with van der Waals surface area (Å²) in [4.78, 5) is 35.8. The van der Waals surface area contributed by atoms with Crippen molar-refractivity contribution in [3.63, 3.8) is 0 Å². The van der Waals surface area contributed by atoms with Gasteiger partial charge in [-0.3, -0.25) is 20.2 Å². The molecule has 4 aromatic rings. The van der Waals surface area contributed by atoms with Crippen molar-refractivity contribution in [2.75, 3.05) is 19.8 Å². The molecule has 0 aliphatic heterocycles. The summed E-state index contributed by atoms with van der Waals surface area (Å²) in [6.07, 6.45) is 53.3. The lowest BCUT2D eigenvalue weighted by Crippen LogP contribution is -2.10. The molecule has 0 atom stereocenters. The number of nitrogens with zero attached hydrogens (tertiary/aromatic N) is 5. The summed E-state index contributed by atoms with van der Waals surface area (Å²) in [6.45, 7) is 8.24. The normalized spacial score (nSPS) is 11.2. The molecular formula is C70H111N5O10. The van der Waals surface area contributed by atoms with Crippen LogP contribution in [0.1, 0.15) is 296 Å². The minimum Gasteiger partial charge on any atom is -0.490 e. The molecule has 0 N–H and O–H groups in total. The van der Waals surface area contributed by atoms with Crippen molar-refractivity contribution in [3.05, 3.63) is 86.5 Å². The Hall–Kier alpha value is -5.73. The third-order valence-corrected chi connectivity index (χ3v) is 15.9. The van der Waals surface area contributed by atoms with Gasteiger partial charge in [0.25, 0.3) is 0 Å². The van der Waals surface area contributed by atoms with E-state index in [1.165, 1.54) is 255 Å². The number of nitro benzene ring substituents is 2. The molecule has 0 unspecified atom stereocenters. The number of benzene rings is 3. The predicted octanol–water partition coefficient (Wildman–Crippen LogP) is 22.4. The molecule has 85 heavy (non-hydrogen) atoms. The molecule has 15 heteroatoms. The Kier molecular flexibility index (Phi) is 40.8. The molecule has 0 saturated heterocycles. The summed E-state index contributed by atoms with van der Waals surface area (Å²) in [5, 5.41) is 23.9. The molecule has 0 aliphatic carbocycles. The van der Waals surface area contributed by atoms with Crippen LogP contribution >= 0.6 is 0 Å². The number of aromatic nitrogens is 3. The van der Waals surface area contributed by atoms with Crippen LogP contribution in [0.4, 0.5) is 11.4 Å². The van der Waals surface area contributed by atoms with Crippen molar-refractivity contribution in [1.82, 2.24) is 15.0 Å². The number of ether oxygens (including phenoxy) is 6. The fraction of sp³-hybridized carbons (Fsp3) is 0.700. The van der Waals surface area contributed by atoms with E-state index in [9.17, 15) is 20.2 Å². The molecule has 0 bridgehead atoms. The summed E-state index contributed by atoms with van der Waals surface area (Å²) in [5.74, 6) is 1.43. The number of hydrogen-bond donors (Lipinski definition) is 0. The predicted molar refractivity (Wildman–Crippen MR) is 344 cm³/mol. The lowest BCUT2D eigenvalue weighted by atomic mass is 10.0. The van der Waals surface area contributed by atoms with E-state index in [1.54, 1.807) is 12.1 Å². The molecule has 3 aromatic carbocycles. The quantitative estimate of drug-likeness (QED) is 0.0232. The molecule has 15 nitrogen and oxygen atoms in total. The number of unbranched alkanes of at least 4 members (excludes halogenated alkanes) is 39. The van der Waals surface area contributed by atoms with Crippen molar-refractivity contribution in [1.29, 1.82) is 0 Å². The third kappa shape index (κ3) is 33.1. The standard InChI is InChI=1S/C70H111N5O10/c1-4-7-10-13-16-19-22-25-28-31-34-37-40-47-56-80-65-55-54-60(59-83-68-71-69(84-63-52-45-43-50-61(63)74(76)77)73-70(72-68)85-64-53-46-44-51-62(64)75(78)79)66(81-57-48-41-38-35-32-29-26-23-20-17-14-11-8-5-2)67(65)82-58-49-42-39-36-33-30-27-24-21-18-15-12-9-6-3/h43-46,50-55H,4-42,47-49,56-59H2,1-3H3. The van der Waals surface area contributed by atoms with E-state index < -0.39 is 9.85 Å². The zero-order valence-corrected chi connectivity index (χ0v) is 53.1. The second kappa shape index (κ2) is 48.4. The van der Waals surface area contributed by atoms with E-state index in [0.29, 0.717) is 42.6 Å². The molecule has 0 spiro atoms. The van der Waals surface area contributed by atoms with Gasteiger partial charge in [-0.1, -0.05) is 295 Å². The van der Waals surface area contributed by atoms with Gasteiger partial charge >= 0.3 is 29.4 Å². The van der Waals surface area contributed by atoms with Crippen LogP contribution in [0.2, 0.25) is 0 Å². The summed E-state index contributed by atoms with van der Waals surface area (Å²) in [7, 11) is 0. The second-order valence-electron chi connectivity index (χ2n) is 23.3. The van der Waals surface area contributed by atoms with Gasteiger partial charge in [-0.2, -0.15) is 0 Å². The van der Waals surface area contributed by atoms with Crippen molar-refractivity contribution in [2.45, 2.75) is 297 Å². The minimum absolute atomic E-state index is 0.0948. The van der Waals surface area contributed by atoms with Crippen LogP contribution in [0.15, 0.2) is 60.7 Å². The van der Waals surface area contributed by atoms with Crippen LogP contribution in [-0.4, -0.2) is 44.6 Å². The molecule has 1 heterocycles. The highest BCUT2D eigenvalue weighted by atomic mass is 16.6. The maximum absolute atomic E-state index is 12.0. The van der Waals surface area contributed by atoms with Crippen LogP contribution in [0.25, 0.3) is 0 Å². The first-order valence-corrected chi connectivity index (χ1v) is 34.1. The van der Waals surface area contributed by atoms with E-state index in [-0.39, 0.29) is 47.5 Å². The van der Waals surface area contributed by atoms with Gasteiger partial charge < -0.3 is 28.4 Å². The molecule has 0 radical (unpaired) electrons. The van der Waals surface area contributed by atoms with E-state index in [2.05, 4.69) is 35.7 Å². The SMILES string of the molecule is CCCCCCCCCCCCCCCCOc1ccc(COc2nc(Oc3ccccc3[N+](=O)[O-])nc(Oc3ccccc3[N+](=O)[O-])n2)c(OCCCCCCCCCCCCCCCC)c1OCCCCCCCCCCCCCCCC. The zero-order valence-electron chi connectivity index (χ0n) is 53.1. The fourth-order valence-electron chi connectivity index (χ4n) is 10.7. The van der Waals surface area contributed by atoms with Gasteiger partial charge in [0, 0.05) is 17.7 Å². The summed E-state index contributed by atoms with van der Waals surface area (Å²) < 4.78 is 38.2. The molecular weight excluding hydrogens is 1070 g/mol. The van der Waals surface area contributed by atoms with Crippen molar-refractivity contribution in [3.8, 4) is 46.8 Å². The van der Waals surface area contributed by atoms with Gasteiger partial charge in [-0.15, -0.1) is 15.0 Å². The van der Waals surface area contributed by atoms with Crippen LogP contribution in [0, 0.1) is 20.2 Å². The molecule has 4 rings (SSSR count). The Morgan fingerprint density at radius 1 is 0.318 bits per heavy atom. The number of nitro groups is 2.